The predicted molar refractivity (Wildman–Crippen MR) is 75.5 cm³/mol. The Bertz CT molecular complexity index is 355. The summed E-state index contributed by atoms with van der Waals surface area (Å²) < 4.78 is 5.63. The molecule has 6 heteroatoms. The first-order chi connectivity index (χ1) is 8.75. The molecular weight excluding hydrogens is 249 g/mol. The minimum atomic E-state index is -1.41. The normalized spacial score (nSPS) is 16.6. The third kappa shape index (κ3) is 4.21. The first-order valence-corrected chi connectivity index (χ1v) is 7.30. The molecule has 0 aliphatic carbocycles. The van der Waals surface area contributed by atoms with E-state index in [-0.39, 0.29) is 0 Å². The van der Waals surface area contributed by atoms with Crippen molar-refractivity contribution >= 4 is 24.3 Å². The molecule has 1 aromatic carbocycles. The van der Waals surface area contributed by atoms with Gasteiger partial charge < -0.3 is 14.8 Å². The van der Waals surface area contributed by atoms with Crippen molar-refractivity contribution in [3.05, 3.63) is 24.3 Å². The Hall–Kier alpha value is -0.685. The first-order valence-electron chi connectivity index (χ1n) is 6.15. The van der Waals surface area contributed by atoms with E-state index in [2.05, 4.69) is 4.90 Å². The molecule has 1 aliphatic heterocycles. The molecule has 2 N–H and O–H groups in total. The van der Waals surface area contributed by atoms with Crippen LogP contribution < -0.4 is 10.2 Å². The number of hydrogen-bond donors (Lipinski definition) is 2. The van der Waals surface area contributed by atoms with Crippen molar-refractivity contribution in [2.24, 2.45) is 0 Å². The Balaban J connectivity index is 1.72. The fourth-order valence-corrected chi connectivity index (χ4v) is 2.83. The summed E-state index contributed by atoms with van der Waals surface area (Å²) in [5.41, 5.74) is 0.482. The second-order valence-corrected chi connectivity index (χ2v) is 5.47. The summed E-state index contributed by atoms with van der Waals surface area (Å²) in [6.45, 7) is 3.91. The predicted octanol–water partition coefficient (Wildman–Crippen LogP) is -0.206. The Morgan fingerprint density at radius 3 is 2.44 bits per heavy atom. The van der Waals surface area contributed by atoms with E-state index < -0.39 is 7.12 Å². The summed E-state index contributed by atoms with van der Waals surface area (Å²) in [4.78, 5) is 2.41. The molecule has 0 spiro atoms. The van der Waals surface area contributed by atoms with Crippen LogP contribution in [-0.2, 0) is 0 Å². The standard InChI is InChI=1S/C12H18BNO3S/c15-13(16)11-1-3-12(4-2-11)17-8-5-14-6-9-18-10-7-14/h1-4,15-16H,5-10H2. The smallest absolute Gasteiger partial charge is 0.488 e. The van der Waals surface area contributed by atoms with Gasteiger partial charge in [-0.05, 0) is 17.6 Å². The number of benzene rings is 1. The maximum absolute atomic E-state index is 8.97. The molecule has 0 atom stereocenters. The van der Waals surface area contributed by atoms with Crippen molar-refractivity contribution in [1.82, 2.24) is 4.90 Å². The van der Waals surface area contributed by atoms with E-state index in [4.69, 9.17) is 14.8 Å². The fourth-order valence-electron chi connectivity index (χ4n) is 1.85. The largest absolute Gasteiger partial charge is 0.492 e. The highest BCUT2D eigenvalue weighted by Crippen LogP contribution is 2.10. The van der Waals surface area contributed by atoms with Crippen molar-refractivity contribution in [1.29, 1.82) is 0 Å². The van der Waals surface area contributed by atoms with Crippen molar-refractivity contribution in [2.45, 2.75) is 0 Å². The van der Waals surface area contributed by atoms with E-state index in [1.165, 1.54) is 11.5 Å². The van der Waals surface area contributed by atoms with Gasteiger partial charge in [-0.3, -0.25) is 4.90 Å². The van der Waals surface area contributed by atoms with E-state index in [1.54, 1.807) is 24.3 Å². The van der Waals surface area contributed by atoms with Gasteiger partial charge in [0.2, 0.25) is 0 Å². The highest BCUT2D eigenvalue weighted by Gasteiger charge is 2.11. The Morgan fingerprint density at radius 1 is 1.17 bits per heavy atom. The van der Waals surface area contributed by atoms with Crippen LogP contribution in [0.5, 0.6) is 5.75 Å². The number of rotatable bonds is 5. The number of ether oxygens (including phenoxy) is 1. The van der Waals surface area contributed by atoms with Crippen molar-refractivity contribution in [2.75, 3.05) is 37.7 Å². The molecule has 2 rings (SSSR count). The molecule has 4 nitrogen and oxygen atoms in total. The Labute approximate surface area is 112 Å². The molecule has 0 saturated carbocycles. The zero-order valence-electron chi connectivity index (χ0n) is 10.3. The summed E-state index contributed by atoms with van der Waals surface area (Å²) in [5, 5.41) is 17.9. The van der Waals surface area contributed by atoms with E-state index in [9.17, 15) is 0 Å². The van der Waals surface area contributed by atoms with Gasteiger partial charge in [0.05, 0.1) is 0 Å². The topological polar surface area (TPSA) is 52.9 Å². The molecule has 0 unspecified atom stereocenters. The lowest BCUT2D eigenvalue weighted by molar-refractivity contribution is 0.222. The second kappa shape index (κ2) is 7.04. The first kappa shape index (κ1) is 13.7. The number of thioether (sulfide) groups is 1. The maximum Gasteiger partial charge on any atom is 0.488 e. The zero-order valence-corrected chi connectivity index (χ0v) is 11.1. The lowest BCUT2D eigenvalue weighted by atomic mass is 9.80. The Kier molecular flexibility index (Phi) is 5.37. The summed E-state index contributed by atoms with van der Waals surface area (Å²) in [7, 11) is -1.41. The van der Waals surface area contributed by atoms with Gasteiger partial charge in [0.1, 0.15) is 12.4 Å². The number of hydrogen-bond acceptors (Lipinski definition) is 5. The minimum Gasteiger partial charge on any atom is -0.492 e. The van der Waals surface area contributed by atoms with Crippen LogP contribution in [0.25, 0.3) is 0 Å². The molecule has 98 valence electrons. The van der Waals surface area contributed by atoms with E-state index in [1.807, 2.05) is 11.8 Å². The van der Waals surface area contributed by atoms with Gasteiger partial charge in [-0.25, -0.2) is 0 Å². The van der Waals surface area contributed by atoms with Gasteiger partial charge in [0.15, 0.2) is 0 Å². The van der Waals surface area contributed by atoms with Gasteiger partial charge in [-0.15, -0.1) is 0 Å². The highest BCUT2D eigenvalue weighted by molar-refractivity contribution is 7.99. The Morgan fingerprint density at radius 2 is 1.83 bits per heavy atom. The van der Waals surface area contributed by atoms with Crippen LogP contribution in [0.2, 0.25) is 0 Å². The van der Waals surface area contributed by atoms with Crippen LogP contribution in [0.4, 0.5) is 0 Å². The van der Waals surface area contributed by atoms with Gasteiger partial charge in [0, 0.05) is 31.1 Å². The molecular formula is C12H18BNO3S. The van der Waals surface area contributed by atoms with Crippen LogP contribution in [0.15, 0.2) is 24.3 Å². The zero-order chi connectivity index (χ0) is 12.8. The SMILES string of the molecule is OB(O)c1ccc(OCCN2CCSCC2)cc1. The van der Waals surface area contributed by atoms with Gasteiger partial charge >= 0.3 is 7.12 Å². The minimum absolute atomic E-state index is 0.482. The molecule has 1 heterocycles. The van der Waals surface area contributed by atoms with Crippen molar-refractivity contribution in [3.63, 3.8) is 0 Å². The third-order valence-electron chi connectivity index (χ3n) is 2.96. The van der Waals surface area contributed by atoms with Crippen LogP contribution in [0.3, 0.4) is 0 Å². The maximum atomic E-state index is 8.97. The second-order valence-electron chi connectivity index (χ2n) is 4.25. The molecule has 18 heavy (non-hydrogen) atoms. The average molecular weight is 267 g/mol. The molecule has 0 amide bonds. The number of nitrogens with zero attached hydrogens (tertiary/aromatic N) is 1. The molecule has 1 fully saturated rings. The highest BCUT2D eigenvalue weighted by atomic mass is 32.2. The van der Waals surface area contributed by atoms with E-state index in [0.29, 0.717) is 12.1 Å². The monoisotopic (exact) mass is 267 g/mol. The molecule has 1 saturated heterocycles. The van der Waals surface area contributed by atoms with Crippen LogP contribution in [0, 0.1) is 0 Å². The lowest BCUT2D eigenvalue weighted by Gasteiger charge is -2.25. The van der Waals surface area contributed by atoms with E-state index >= 15 is 0 Å². The van der Waals surface area contributed by atoms with Gasteiger partial charge in [0.25, 0.3) is 0 Å². The fraction of sp³-hybridized carbons (Fsp3) is 0.500. The molecule has 1 aromatic rings. The van der Waals surface area contributed by atoms with Crippen LogP contribution in [0.1, 0.15) is 0 Å². The lowest BCUT2D eigenvalue weighted by Crippen LogP contribution is -2.35. The molecule has 0 radical (unpaired) electrons. The summed E-state index contributed by atoms with van der Waals surface area (Å²) in [6.07, 6.45) is 0. The quantitative estimate of drug-likeness (QED) is 0.723. The van der Waals surface area contributed by atoms with Gasteiger partial charge in [-0.2, -0.15) is 11.8 Å². The van der Waals surface area contributed by atoms with Crippen molar-refractivity contribution in [3.8, 4) is 5.75 Å². The molecule has 0 aromatic heterocycles. The molecule has 0 bridgehead atoms. The summed E-state index contributed by atoms with van der Waals surface area (Å²) in [5.74, 6) is 3.19. The van der Waals surface area contributed by atoms with Crippen LogP contribution >= 0.6 is 11.8 Å². The van der Waals surface area contributed by atoms with Crippen molar-refractivity contribution < 1.29 is 14.8 Å². The van der Waals surface area contributed by atoms with E-state index in [0.717, 1.165) is 25.4 Å². The molecule has 1 aliphatic rings. The van der Waals surface area contributed by atoms with Gasteiger partial charge in [-0.1, -0.05) is 12.1 Å². The van der Waals surface area contributed by atoms with Crippen LogP contribution in [-0.4, -0.2) is 59.8 Å². The third-order valence-corrected chi connectivity index (χ3v) is 3.90. The summed E-state index contributed by atoms with van der Waals surface area (Å²) in [6, 6.07) is 6.86. The summed E-state index contributed by atoms with van der Waals surface area (Å²) >= 11 is 2.00. The average Bonchev–Trinajstić information content (AvgIpc) is 2.40.